The van der Waals surface area contributed by atoms with Gasteiger partial charge in [0.25, 0.3) is 0 Å². The monoisotopic (exact) mass is 357 g/mol. The van der Waals surface area contributed by atoms with Gasteiger partial charge in [0.15, 0.2) is 0 Å². The Kier molecular flexibility index (Phi) is 2.95. The minimum absolute atomic E-state index is 0.0579. The summed E-state index contributed by atoms with van der Waals surface area (Å²) in [5.74, 6) is -0.359. The Morgan fingerprint density at radius 2 is 1.55 bits per heavy atom. The number of hydrogen-bond acceptors (Lipinski definition) is 2. The number of carbonyl (C=O) groups excluding carboxylic acids is 2. The third-order valence-electron chi connectivity index (χ3n) is 5.09. The lowest BCUT2D eigenvalue weighted by molar-refractivity contribution is -0.122. The molecule has 0 N–H and O–H groups in total. The summed E-state index contributed by atoms with van der Waals surface area (Å²) < 4.78 is 0.777. The van der Waals surface area contributed by atoms with Crippen molar-refractivity contribution in [3.05, 3.63) is 52.0 Å². The molecule has 2 aliphatic carbocycles. The predicted molar refractivity (Wildman–Crippen MR) is 88.1 cm³/mol. The molecule has 1 aliphatic heterocycles. The number of para-hydroxylation sites is 1. The van der Waals surface area contributed by atoms with Gasteiger partial charge in [-0.2, -0.15) is 0 Å². The molecule has 4 atom stereocenters. The van der Waals surface area contributed by atoms with Crippen molar-refractivity contribution in [1.29, 1.82) is 0 Å². The minimum atomic E-state index is -0.223. The fourth-order valence-corrected chi connectivity index (χ4v) is 4.76. The number of carbonyl (C=O) groups is 2. The number of benzene rings is 1. The van der Waals surface area contributed by atoms with Gasteiger partial charge in [0, 0.05) is 16.3 Å². The van der Waals surface area contributed by atoms with Crippen LogP contribution in [-0.2, 0) is 9.59 Å². The van der Waals surface area contributed by atoms with Crippen LogP contribution in [0.4, 0.5) is 5.69 Å². The van der Waals surface area contributed by atoms with Gasteiger partial charge in [0.05, 0.1) is 17.5 Å². The van der Waals surface area contributed by atoms with E-state index in [9.17, 15) is 9.59 Å². The number of hydrogen-bond donors (Lipinski definition) is 0. The van der Waals surface area contributed by atoms with Crippen LogP contribution in [-0.4, -0.2) is 11.8 Å². The highest BCUT2D eigenvalue weighted by atomic mass is 79.9. The zero-order valence-corrected chi connectivity index (χ0v) is 14.0. The molecule has 1 saturated heterocycles. The lowest BCUT2D eigenvalue weighted by Crippen LogP contribution is -2.33. The highest BCUT2D eigenvalue weighted by Gasteiger charge is 2.62. The van der Waals surface area contributed by atoms with Gasteiger partial charge in [-0.25, -0.2) is 4.90 Å². The van der Waals surface area contributed by atoms with E-state index in [0.29, 0.717) is 5.69 Å². The largest absolute Gasteiger partial charge is 0.274 e. The number of rotatable bonds is 1. The Hall–Kier alpha value is -1.68. The molecule has 2 bridgehead atoms. The molecule has 3 aliphatic rings. The summed E-state index contributed by atoms with van der Waals surface area (Å²) in [6, 6.07) is 7.41. The molecule has 4 heteroatoms. The summed E-state index contributed by atoms with van der Waals surface area (Å²) in [4.78, 5) is 27.3. The molecule has 2 amide bonds. The Labute approximate surface area is 137 Å². The lowest BCUT2D eigenvalue weighted by atomic mass is 9.85. The Balaban J connectivity index is 1.80. The predicted octanol–water partition coefficient (Wildman–Crippen LogP) is 3.71. The topological polar surface area (TPSA) is 37.4 Å². The second-order valence-electron chi connectivity index (χ2n) is 6.41. The summed E-state index contributed by atoms with van der Waals surface area (Å²) >= 11 is 3.45. The second-order valence-corrected chi connectivity index (χ2v) is 7.26. The van der Waals surface area contributed by atoms with Gasteiger partial charge in [0.2, 0.25) is 11.8 Å². The molecule has 112 valence electrons. The van der Waals surface area contributed by atoms with Gasteiger partial charge in [0.1, 0.15) is 0 Å². The number of amides is 2. The zero-order valence-electron chi connectivity index (χ0n) is 12.4. The smallest absolute Gasteiger partial charge is 0.238 e. The van der Waals surface area contributed by atoms with Gasteiger partial charge in [-0.3, -0.25) is 9.59 Å². The summed E-state index contributed by atoms with van der Waals surface area (Å²) in [6.45, 7) is 4.15. The van der Waals surface area contributed by atoms with Crippen molar-refractivity contribution >= 4 is 33.4 Å². The van der Waals surface area contributed by atoms with Crippen LogP contribution in [0.1, 0.15) is 13.8 Å². The maximum atomic E-state index is 12.9. The van der Waals surface area contributed by atoms with Crippen LogP contribution in [0.5, 0.6) is 0 Å². The fraction of sp³-hybridized carbons (Fsp3) is 0.333. The van der Waals surface area contributed by atoms with E-state index in [4.69, 9.17) is 0 Å². The SMILES string of the molecule is CC(C)=C1[C@H]2C=C[C@H]1[C@H]1C(=O)N(c3ccccc3Br)C(=O)[C@H]12. The van der Waals surface area contributed by atoms with Crippen molar-refractivity contribution in [3.8, 4) is 0 Å². The molecule has 4 rings (SSSR count). The van der Waals surface area contributed by atoms with E-state index in [2.05, 4.69) is 41.9 Å². The number of anilines is 1. The summed E-state index contributed by atoms with van der Waals surface area (Å²) in [5.41, 5.74) is 3.18. The van der Waals surface area contributed by atoms with E-state index in [-0.39, 0.29) is 35.5 Å². The molecule has 0 aromatic heterocycles. The molecule has 1 aromatic carbocycles. The Morgan fingerprint density at radius 1 is 1.00 bits per heavy atom. The van der Waals surface area contributed by atoms with Crippen molar-refractivity contribution < 1.29 is 9.59 Å². The number of nitrogens with zero attached hydrogens (tertiary/aromatic N) is 1. The lowest BCUT2D eigenvalue weighted by Gasteiger charge is -2.20. The highest BCUT2D eigenvalue weighted by Crippen LogP contribution is 2.57. The van der Waals surface area contributed by atoms with Crippen LogP contribution in [0.15, 0.2) is 52.0 Å². The number of imide groups is 1. The molecular weight excluding hydrogens is 342 g/mol. The van der Waals surface area contributed by atoms with Gasteiger partial charge >= 0.3 is 0 Å². The van der Waals surface area contributed by atoms with Crippen LogP contribution in [0.2, 0.25) is 0 Å². The molecule has 3 nitrogen and oxygen atoms in total. The van der Waals surface area contributed by atoms with Gasteiger partial charge in [-0.05, 0) is 41.9 Å². The Bertz CT molecular complexity index is 726. The molecule has 0 unspecified atom stereocenters. The van der Waals surface area contributed by atoms with Crippen LogP contribution >= 0.6 is 15.9 Å². The van der Waals surface area contributed by atoms with Gasteiger partial charge in [-0.15, -0.1) is 0 Å². The third-order valence-corrected chi connectivity index (χ3v) is 5.76. The van der Waals surface area contributed by atoms with E-state index >= 15 is 0 Å². The summed E-state index contributed by atoms with van der Waals surface area (Å²) in [6.07, 6.45) is 4.23. The minimum Gasteiger partial charge on any atom is -0.274 e. The molecule has 2 fully saturated rings. The Morgan fingerprint density at radius 3 is 2.05 bits per heavy atom. The average Bonchev–Trinajstić information content (AvgIpc) is 3.11. The van der Waals surface area contributed by atoms with Crippen LogP contribution in [0.3, 0.4) is 0 Å². The molecule has 1 heterocycles. The summed E-state index contributed by atoms with van der Waals surface area (Å²) in [5, 5.41) is 0. The molecule has 1 saturated carbocycles. The van der Waals surface area contributed by atoms with E-state index < -0.39 is 0 Å². The van der Waals surface area contributed by atoms with Crippen molar-refractivity contribution in [2.45, 2.75) is 13.8 Å². The first-order chi connectivity index (χ1) is 10.5. The first-order valence-corrected chi connectivity index (χ1v) is 8.29. The second kappa shape index (κ2) is 4.66. The van der Waals surface area contributed by atoms with E-state index in [0.717, 1.165) is 4.47 Å². The first kappa shape index (κ1) is 13.9. The average molecular weight is 358 g/mol. The van der Waals surface area contributed by atoms with Crippen molar-refractivity contribution in [3.63, 3.8) is 0 Å². The summed E-state index contributed by atoms with van der Waals surface area (Å²) in [7, 11) is 0. The van der Waals surface area contributed by atoms with E-state index in [1.807, 2.05) is 24.3 Å². The van der Waals surface area contributed by atoms with Crippen molar-refractivity contribution in [1.82, 2.24) is 0 Å². The maximum absolute atomic E-state index is 12.9. The van der Waals surface area contributed by atoms with Crippen LogP contribution in [0, 0.1) is 23.7 Å². The number of fused-ring (bicyclic) bond motifs is 5. The quantitative estimate of drug-likeness (QED) is 0.567. The van der Waals surface area contributed by atoms with Crippen molar-refractivity contribution in [2.24, 2.45) is 23.7 Å². The zero-order chi connectivity index (χ0) is 15.6. The van der Waals surface area contributed by atoms with Gasteiger partial charge in [-0.1, -0.05) is 35.4 Å². The molecule has 0 radical (unpaired) electrons. The molecule has 0 spiro atoms. The van der Waals surface area contributed by atoms with Crippen LogP contribution < -0.4 is 4.90 Å². The highest BCUT2D eigenvalue weighted by molar-refractivity contribution is 9.10. The van der Waals surface area contributed by atoms with Gasteiger partial charge < -0.3 is 0 Å². The van der Waals surface area contributed by atoms with E-state index in [1.165, 1.54) is 16.0 Å². The number of allylic oxidation sites excluding steroid dienone is 4. The third kappa shape index (κ3) is 1.62. The van der Waals surface area contributed by atoms with Crippen LogP contribution in [0.25, 0.3) is 0 Å². The normalized spacial score (nSPS) is 32.1. The number of halogens is 1. The van der Waals surface area contributed by atoms with Crippen molar-refractivity contribution in [2.75, 3.05) is 4.90 Å². The molecular formula is C18H16BrNO2. The first-order valence-electron chi connectivity index (χ1n) is 7.50. The fourth-order valence-electron chi connectivity index (χ4n) is 4.30. The maximum Gasteiger partial charge on any atom is 0.238 e. The molecule has 1 aromatic rings. The van der Waals surface area contributed by atoms with E-state index in [1.54, 1.807) is 0 Å². The molecule has 22 heavy (non-hydrogen) atoms. The standard InChI is InChI=1S/C18H16BrNO2/c1-9(2)14-10-7-8-11(14)16-15(10)17(21)20(18(16)22)13-6-4-3-5-12(13)19/h3-8,10-11,15-16H,1-2H3/t10-,11-,15-,16+/m1/s1.